The molecule has 31 heavy (non-hydrogen) atoms. The third-order valence-corrected chi connectivity index (χ3v) is 8.08. The molecule has 2 rings (SSSR count). The molecule has 0 bridgehead atoms. The fourth-order valence-corrected chi connectivity index (χ4v) is 6.50. The standard InChI is InChI=1S/C24H38F6O/c1-16(2)8-5-13-21(3,14-7-10-20(23(25,26)27)24(28,29)30)19-12-11-17-18(31)9-6-15-22(17,19)4/h7,10,16-20,31H,5-6,8-9,11-15H2,1-4H3/b10-7+/t17-,18-,19+,21-,22-/m0/s1. The number of aliphatic hydroxyl groups excluding tert-OH is 1. The molecule has 2 aliphatic carbocycles. The van der Waals surface area contributed by atoms with Crippen LogP contribution in [0.2, 0.25) is 0 Å². The van der Waals surface area contributed by atoms with Gasteiger partial charge in [0.25, 0.3) is 0 Å². The number of alkyl halides is 6. The van der Waals surface area contributed by atoms with Gasteiger partial charge in [0.15, 0.2) is 5.92 Å². The Hall–Kier alpha value is -0.720. The lowest BCUT2D eigenvalue weighted by Crippen LogP contribution is -2.45. The molecule has 0 unspecified atom stereocenters. The van der Waals surface area contributed by atoms with Gasteiger partial charge in [0.1, 0.15) is 0 Å². The van der Waals surface area contributed by atoms with E-state index in [4.69, 9.17) is 0 Å². The minimum absolute atomic E-state index is 0.120. The van der Waals surface area contributed by atoms with Crippen LogP contribution in [-0.2, 0) is 0 Å². The Morgan fingerprint density at radius 2 is 1.65 bits per heavy atom. The van der Waals surface area contributed by atoms with Crippen LogP contribution in [0.3, 0.4) is 0 Å². The van der Waals surface area contributed by atoms with Gasteiger partial charge < -0.3 is 5.11 Å². The van der Waals surface area contributed by atoms with Crippen molar-refractivity contribution in [3.05, 3.63) is 12.2 Å². The van der Waals surface area contributed by atoms with Crippen LogP contribution in [0.1, 0.15) is 85.5 Å². The number of halogens is 6. The van der Waals surface area contributed by atoms with E-state index in [1.165, 1.54) is 0 Å². The summed E-state index contributed by atoms with van der Waals surface area (Å²) in [6, 6.07) is 0. The third kappa shape index (κ3) is 6.20. The van der Waals surface area contributed by atoms with Crippen molar-refractivity contribution >= 4 is 0 Å². The summed E-state index contributed by atoms with van der Waals surface area (Å²) >= 11 is 0. The largest absolute Gasteiger partial charge is 0.403 e. The monoisotopic (exact) mass is 456 g/mol. The molecule has 0 aromatic carbocycles. The van der Waals surface area contributed by atoms with Crippen LogP contribution in [0.25, 0.3) is 0 Å². The Morgan fingerprint density at radius 3 is 2.19 bits per heavy atom. The summed E-state index contributed by atoms with van der Waals surface area (Å²) in [6.07, 6.45) is -2.42. The first-order chi connectivity index (χ1) is 14.1. The Labute approximate surface area is 182 Å². The van der Waals surface area contributed by atoms with E-state index in [9.17, 15) is 31.4 Å². The molecule has 182 valence electrons. The highest BCUT2D eigenvalue weighted by Gasteiger charge is 2.57. The molecule has 0 radical (unpaired) electrons. The minimum Gasteiger partial charge on any atom is -0.393 e. The molecule has 1 nitrogen and oxygen atoms in total. The van der Waals surface area contributed by atoms with Crippen molar-refractivity contribution in [2.24, 2.45) is 34.5 Å². The van der Waals surface area contributed by atoms with E-state index in [1.807, 2.05) is 6.92 Å². The first-order valence-corrected chi connectivity index (χ1v) is 11.6. The normalized spacial score (nSPS) is 32.1. The Bertz CT molecular complexity index is 596. The second kappa shape index (κ2) is 9.64. The van der Waals surface area contributed by atoms with Gasteiger partial charge in [-0.25, -0.2) is 0 Å². The maximum atomic E-state index is 13.0. The topological polar surface area (TPSA) is 20.2 Å². The molecule has 2 saturated carbocycles. The highest BCUT2D eigenvalue weighted by molar-refractivity contribution is 5.08. The second-order valence-corrected chi connectivity index (χ2v) is 10.8. The van der Waals surface area contributed by atoms with Gasteiger partial charge in [0, 0.05) is 0 Å². The van der Waals surface area contributed by atoms with E-state index in [0.717, 1.165) is 57.4 Å². The number of hydrogen-bond acceptors (Lipinski definition) is 1. The van der Waals surface area contributed by atoms with Crippen molar-refractivity contribution in [3.63, 3.8) is 0 Å². The first kappa shape index (κ1) is 26.5. The van der Waals surface area contributed by atoms with E-state index in [0.29, 0.717) is 12.0 Å². The maximum absolute atomic E-state index is 13.0. The Balaban J connectivity index is 2.27. The van der Waals surface area contributed by atoms with E-state index in [2.05, 4.69) is 20.8 Å². The molecule has 0 aliphatic heterocycles. The molecule has 7 heteroatoms. The van der Waals surface area contributed by atoms with E-state index < -0.39 is 23.7 Å². The van der Waals surface area contributed by atoms with E-state index in [-0.39, 0.29) is 29.8 Å². The van der Waals surface area contributed by atoms with Gasteiger partial charge in [0.2, 0.25) is 0 Å². The summed E-state index contributed by atoms with van der Waals surface area (Å²) in [5, 5.41) is 10.5. The van der Waals surface area contributed by atoms with Crippen LogP contribution in [0.5, 0.6) is 0 Å². The molecule has 0 amide bonds. The third-order valence-electron chi connectivity index (χ3n) is 8.08. The quantitative estimate of drug-likeness (QED) is 0.289. The summed E-state index contributed by atoms with van der Waals surface area (Å²) in [6.45, 7) is 8.43. The predicted molar refractivity (Wildman–Crippen MR) is 110 cm³/mol. The van der Waals surface area contributed by atoms with Crippen molar-refractivity contribution < 1.29 is 31.4 Å². The molecule has 0 aromatic rings. The zero-order chi connectivity index (χ0) is 23.7. The summed E-state index contributed by atoms with van der Waals surface area (Å²) in [5.74, 6) is -2.60. The van der Waals surface area contributed by atoms with Crippen LogP contribution in [-0.4, -0.2) is 23.6 Å². The van der Waals surface area contributed by atoms with Gasteiger partial charge >= 0.3 is 12.4 Å². The number of rotatable bonds is 8. The molecule has 0 heterocycles. The van der Waals surface area contributed by atoms with Crippen molar-refractivity contribution in [3.8, 4) is 0 Å². The van der Waals surface area contributed by atoms with Gasteiger partial charge in [0.05, 0.1) is 6.10 Å². The van der Waals surface area contributed by atoms with E-state index >= 15 is 0 Å². The molecule has 1 N–H and O–H groups in total. The maximum Gasteiger partial charge on any atom is 0.403 e. The van der Waals surface area contributed by atoms with Crippen molar-refractivity contribution in [1.29, 1.82) is 0 Å². The lowest BCUT2D eigenvalue weighted by molar-refractivity contribution is -0.267. The molecule has 2 aliphatic rings. The van der Waals surface area contributed by atoms with Crippen LogP contribution in [0.15, 0.2) is 12.2 Å². The van der Waals surface area contributed by atoms with Gasteiger partial charge in [-0.05, 0) is 67.1 Å². The predicted octanol–water partition coefficient (Wildman–Crippen LogP) is 8.08. The number of aliphatic hydroxyl groups is 1. The van der Waals surface area contributed by atoms with Gasteiger partial charge in [-0.15, -0.1) is 0 Å². The summed E-state index contributed by atoms with van der Waals surface area (Å²) < 4.78 is 77.7. The SMILES string of the molecule is CC(C)CCC[C@@](C)(C/C=C/C(C(F)(F)F)C(F)(F)F)[C@H]1CC[C@H]2[C@@H](O)CCC[C@]12C. The highest BCUT2D eigenvalue weighted by Crippen LogP contribution is 2.62. The molecule has 0 aromatic heterocycles. The minimum atomic E-state index is -5.35. The van der Waals surface area contributed by atoms with Crippen molar-refractivity contribution in [2.75, 3.05) is 0 Å². The molecular formula is C24H38F6O. The number of hydrogen-bond donors (Lipinski definition) is 1. The highest BCUT2D eigenvalue weighted by atomic mass is 19.4. The lowest BCUT2D eigenvalue weighted by atomic mass is 9.56. The lowest BCUT2D eigenvalue weighted by Gasteiger charge is -2.50. The van der Waals surface area contributed by atoms with Gasteiger partial charge in [-0.3, -0.25) is 0 Å². The van der Waals surface area contributed by atoms with Crippen LogP contribution < -0.4 is 0 Å². The number of allylic oxidation sites excluding steroid dienone is 2. The number of fused-ring (bicyclic) bond motifs is 1. The Kier molecular flexibility index (Phi) is 8.25. The zero-order valence-electron chi connectivity index (χ0n) is 19.1. The summed E-state index contributed by atoms with van der Waals surface area (Å²) in [7, 11) is 0. The molecule has 0 saturated heterocycles. The van der Waals surface area contributed by atoms with Crippen LogP contribution >= 0.6 is 0 Å². The molecule has 0 spiro atoms. The average molecular weight is 457 g/mol. The van der Waals surface area contributed by atoms with E-state index in [1.54, 1.807) is 0 Å². The fourth-order valence-electron chi connectivity index (χ4n) is 6.50. The molecule has 5 atom stereocenters. The smallest absolute Gasteiger partial charge is 0.393 e. The summed E-state index contributed by atoms with van der Waals surface area (Å²) in [5.41, 5.74) is -0.515. The van der Waals surface area contributed by atoms with Crippen LogP contribution in [0.4, 0.5) is 26.3 Å². The van der Waals surface area contributed by atoms with Gasteiger partial charge in [-0.1, -0.05) is 59.1 Å². The first-order valence-electron chi connectivity index (χ1n) is 11.6. The van der Waals surface area contributed by atoms with Crippen molar-refractivity contribution in [1.82, 2.24) is 0 Å². The molecular weight excluding hydrogens is 418 g/mol. The molecule has 2 fully saturated rings. The van der Waals surface area contributed by atoms with Gasteiger partial charge in [-0.2, -0.15) is 26.3 Å². The average Bonchev–Trinajstić information content (AvgIpc) is 2.95. The second-order valence-electron chi connectivity index (χ2n) is 10.8. The Morgan fingerprint density at radius 1 is 1.03 bits per heavy atom. The summed E-state index contributed by atoms with van der Waals surface area (Å²) in [4.78, 5) is 0. The zero-order valence-corrected chi connectivity index (χ0v) is 19.1. The fraction of sp³-hybridized carbons (Fsp3) is 0.917. The van der Waals surface area contributed by atoms with Crippen molar-refractivity contribution in [2.45, 2.75) is 104 Å². The van der Waals surface area contributed by atoms with Crippen LogP contribution in [0, 0.1) is 34.5 Å².